The number of rotatable bonds is 5. The number of aromatic hydroxyl groups is 1. The van der Waals surface area contributed by atoms with Crippen molar-refractivity contribution in [1.29, 1.82) is 0 Å². The topological polar surface area (TPSA) is 143 Å². The van der Waals surface area contributed by atoms with Crippen molar-refractivity contribution >= 4 is 5.91 Å². The summed E-state index contributed by atoms with van der Waals surface area (Å²) in [4.78, 5) is 24.8. The van der Waals surface area contributed by atoms with Crippen LogP contribution in [0.1, 0.15) is 10.4 Å². The van der Waals surface area contributed by atoms with E-state index in [4.69, 9.17) is 20.4 Å². The van der Waals surface area contributed by atoms with Crippen LogP contribution in [0.2, 0.25) is 0 Å². The molecule has 0 saturated carbocycles. The van der Waals surface area contributed by atoms with Gasteiger partial charge < -0.3 is 25.7 Å². The number of aliphatic hydroxyl groups excluding tert-OH is 3. The van der Waals surface area contributed by atoms with E-state index in [2.05, 4.69) is 5.32 Å². The average molecular weight is 258 g/mol. The van der Waals surface area contributed by atoms with E-state index in [0.29, 0.717) is 0 Å². The van der Waals surface area contributed by atoms with Crippen molar-refractivity contribution in [3.8, 4) is 5.88 Å². The number of carbonyl (C=O) groups is 1. The molecule has 1 rings (SSSR count). The van der Waals surface area contributed by atoms with Gasteiger partial charge in [-0.15, -0.1) is 0 Å². The Bertz CT molecular complexity index is 471. The molecule has 8 nitrogen and oxygen atoms in total. The molecule has 18 heavy (non-hydrogen) atoms. The van der Waals surface area contributed by atoms with Gasteiger partial charge in [-0.1, -0.05) is 0 Å². The standard InChI is InChI=1S/C10H14N2O6/c13-3-10(4-14,5-15)12-9(18)6-1-7(16)11-8(17)2-6/h1-2,13-15H,3-5H2,(H,12,18)(H2,11,16,17). The van der Waals surface area contributed by atoms with Gasteiger partial charge in [0.15, 0.2) is 5.88 Å². The third-order valence-corrected chi connectivity index (χ3v) is 2.38. The number of carbonyl (C=O) groups excluding carboxylic acids is 1. The van der Waals surface area contributed by atoms with Crippen LogP contribution in [0, 0.1) is 0 Å². The van der Waals surface area contributed by atoms with Crippen molar-refractivity contribution in [2.24, 2.45) is 0 Å². The zero-order chi connectivity index (χ0) is 13.8. The fourth-order valence-electron chi connectivity index (χ4n) is 1.24. The maximum atomic E-state index is 11.7. The zero-order valence-corrected chi connectivity index (χ0v) is 9.38. The van der Waals surface area contributed by atoms with Crippen LogP contribution >= 0.6 is 0 Å². The third-order valence-electron chi connectivity index (χ3n) is 2.38. The summed E-state index contributed by atoms with van der Waals surface area (Å²) in [5.41, 5.74) is -2.42. The van der Waals surface area contributed by atoms with E-state index in [0.717, 1.165) is 12.1 Å². The maximum absolute atomic E-state index is 11.7. The van der Waals surface area contributed by atoms with Crippen molar-refractivity contribution in [3.05, 3.63) is 28.0 Å². The third kappa shape index (κ3) is 3.06. The summed E-state index contributed by atoms with van der Waals surface area (Å²) in [6, 6.07) is 1.94. The molecular formula is C10H14N2O6. The SMILES string of the molecule is O=C(NC(CO)(CO)CO)c1cc(O)[nH]c(=O)c1. The molecule has 0 aliphatic carbocycles. The number of hydrogen-bond acceptors (Lipinski definition) is 6. The number of pyridine rings is 1. The number of amides is 1. The molecule has 1 amide bonds. The quantitative estimate of drug-likeness (QED) is 0.345. The molecule has 1 aromatic rings. The number of hydrogen-bond donors (Lipinski definition) is 6. The Morgan fingerprint density at radius 1 is 1.22 bits per heavy atom. The van der Waals surface area contributed by atoms with E-state index >= 15 is 0 Å². The van der Waals surface area contributed by atoms with Gasteiger partial charge in [-0.2, -0.15) is 0 Å². The summed E-state index contributed by atoms with van der Waals surface area (Å²) >= 11 is 0. The summed E-state index contributed by atoms with van der Waals surface area (Å²) in [6.45, 7) is -2.04. The van der Waals surface area contributed by atoms with Crippen LogP contribution in [0.15, 0.2) is 16.9 Å². The number of aromatic amines is 1. The molecule has 0 atom stereocenters. The summed E-state index contributed by atoms with van der Waals surface area (Å²) in [6.07, 6.45) is 0. The normalized spacial score (nSPS) is 11.3. The molecule has 0 fully saturated rings. The maximum Gasteiger partial charge on any atom is 0.252 e. The lowest BCUT2D eigenvalue weighted by Gasteiger charge is -2.28. The molecule has 100 valence electrons. The molecule has 0 aliphatic heterocycles. The van der Waals surface area contributed by atoms with Crippen LogP contribution < -0.4 is 10.9 Å². The molecule has 0 unspecified atom stereocenters. The van der Waals surface area contributed by atoms with E-state index in [1.807, 2.05) is 4.98 Å². The predicted molar refractivity (Wildman–Crippen MR) is 60.2 cm³/mol. The number of aliphatic hydroxyl groups is 3. The van der Waals surface area contributed by atoms with E-state index in [1.54, 1.807) is 0 Å². The van der Waals surface area contributed by atoms with Gasteiger partial charge in [-0.25, -0.2) is 0 Å². The average Bonchev–Trinajstić information content (AvgIpc) is 2.35. The fourth-order valence-corrected chi connectivity index (χ4v) is 1.24. The number of nitrogens with one attached hydrogen (secondary N) is 2. The van der Waals surface area contributed by atoms with E-state index in [-0.39, 0.29) is 5.56 Å². The van der Waals surface area contributed by atoms with Crippen molar-refractivity contribution in [2.45, 2.75) is 5.54 Å². The fraction of sp³-hybridized carbons (Fsp3) is 0.400. The van der Waals surface area contributed by atoms with Gasteiger partial charge in [0.05, 0.1) is 25.4 Å². The van der Waals surface area contributed by atoms with Crippen LogP contribution in [-0.2, 0) is 0 Å². The first kappa shape index (κ1) is 14.2. The van der Waals surface area contributed by atoms with E-state index in [9.17, 15) is 9.59 Å². The number of aromatic nitrogens is 1. The largest absolute Gasteiger partial charge is 0.494 e. The second-order valence-corrected chi connectivity index (χ2v) is 3.83. The van der Waals surface area contributed by atoms with Gasteiger partial charge >= 0.3 is 0 Å². The highest BCUT2D eigenvalue weighted by molar-refractivity contribution is 5.94. The highest BCUT2D eigenvalue weighted by Crippen LogP contribution is 2.07. The molecule has 1 aromatic heterocycles. The van der Waals surface area contributed by atoms with Gasteiger partial charge in [0, 0.05) is 12.1 Å². The highest BCUT2D eigenvalue weighted by atomic mass is 16.3. The first-order valence-corrected chi connectivity index (χ1v) is 5.05. The molecule has 0 bridgehead atoms. The summed E-state index contributed by atoms with van der Waals surface area (Å²) < 4.78 is 0. The van der Waals surface area contributed by atoms with Crippen molar-refractivity contribution in [3.63, 3.8) is 0 Å². The second-order valence-electron chi connectivity index (χ2n) is 3.83. The summed E-state index contributed by atoms with van der Waals surface area (Å²) in [5, 5.41) is 38.4. The minimum absolute atomic E-state index is 0.157. The molecular weight excluding hydrogens is 244 g/mol. The lowest BCUT2D eigenvalue weighted by atomic mass is 10.0. The Morgan fingerprint density at radius 2 is 1.78 bits per heavy atom. The van der Waals surface area contributed by atoms with E-state index < -0.39 is 42.7 Å². The van der Waals surface area contributed by atoms with Crippen molar-refractivity contribution < 1.29 is 25.2 Å². The Hall–Kier alpha value is -1.90. The molecule has 6 N–H and O–H groups in total. The van der Waals surface area contributed by atoms with Crippen LogP contribution in [0.3, 0.4) is 0 Å². The molecule has 0 spiro atoms. The molecule has 0 aliphatic rings. The van der Waals surface area contributed by atoms with Gasteiger partial charge in [0.1, 0.15) is 5.54 Å². The van der Waals surface area contributed by atoms with E-state index in [1.165, 1.54) is 0 Å². The first-order chi connectivity index (χ1) is 8.46. The smallest absolute Gasteiger partial charge is 0.252 e. The number of H-pyrrole nitrogens is 1. The van der Waals surface area contributed by atoms with Gasteiger partial charge in [-0.05, 0) is 0 Å². The lowest BCUT2D eigenvalue weighted by Crippen LogP contribution is -2.57. The second kappa shape index (κ2) is 5.63. The monoisotopic (exact) mass is 258 g/mol. The molecule has 0 saturated heterocycles. The summed E-state index contributed by atoms with van der Waals surface area (Å²) in [7, 11) is 0. The Balaban J connectivity index is 2.97. The predicted octanol–water partition coefficient (Wildman–Crippen LogP) is -2.47. The zero-order valence-electron chi connectivity index (χ0n) is 9.38. The molecule has 0 radical (unpaired) electrons. The Labute approximate surface area is 102 Å². The minimum Gasteiger partial charge on any atom is -0.494 e. The van der Waals surface area contributed by atoms with Crippen LogP contribution in [-0.4, -0.2) is 56.7 Å². The van der Waals surface area contributed by atoms with Crippen molar-refractivity contribution in [1.82, 2.24) is 10.3 Å². The summed E-state index contributed by atoms with van der Waals surface area (Å²) in [5.74, 6) is -1.30. The van der Waals surface area contributed by atoms with Crippen LogP contribution in [0.5, 0.6) is 5.88 Å². The van der Waals surface area contributed by atoms with Gasteiger partial charge in [0.25, 0.3) is 11.5 Å². The Kier molecular flexibility index (Phi) is 4.43. The van der Waals surface area contributed by atoms with Crippen LogP contribution in [0.25, 0.3) is 0 Å². The van der Waals surface area contributed by atoms with Crippen LogP contribution in [0.4, 0.5) is 0 Å². The highest BCUT2D eigenvalue weighted by Gasteiger charge is 2.30. The van der Waals surface area contributed by atoms with Crippen molar-refractivity contribution in [2.75, 3.05) is 19.8 Å². The first-order valence-electron chi connectivity index (χ1n) is 5.05. The van der Waals surface area contributed by atoms with Gasteiger partial charge in [-0.3, -0.25) is 14.6 Å². The minimum atomic E-state index is -1.59. The van der Waals surface area contributed by atoms with Gasteiger partial charge in [0.2, 0.25) is 0 Å². The Morgan fingerprint density at radius 3 is 2.22 bits per heavy atom. The molecule has 1 heterocycles. The molecule has 8 heteroatoms. The molecule has 0 aromatic carbocycles. The lowest BCUT2D eigenvalue weighted by molar-refractivity contribution is 0.0375.